The third-order valence-corrected chi connectivity index (χ3v) is 3.07. The summed E-state index contributed by atoms with van der Waals surface area (Å²) in [6.07, 6.45) is 1.79. The van der Waals surface area contributed by atoms with Crippen LogP contribution in [0.2, 0.25) is 0 Å². The molecule has 2 rings (SSSR count). The minimum absolute atomic E-state index is 0.678. The first kappa shape index (κ1) is 13.3. The van der Waals surface area contributed by atoms with Gasteiger partial charge in [0.15, 0.2) is 0 Å². The summed E-state index contributed by atoms with van der Waals surface area (Å²) in [4.78, 5) is 6.47. The molecule has 0 atom stereocenters. The van der Waals surface area contributed by atoms with E-state index in [4.69, 9.17) is 0 Å². The molecule has 1 aromatic heterocycles. The van der Waals surface area contributed by atoms with Gasteiger partial charge in [0.05, 0.1) is 29.0 Å². The summed E-state index contributed by atoms with van der Waals surface area (Å²) in [5.74, 6) is 0. The zero-order valence-electron chi connectivity index (χ0n) is 11.8. The highest BCUT2D eigenvalue weighted by atomic mass is 15.1. The largest absolute Gasteiger partial charge is 0.304 e. The molecule has 0 saturated carbocycles. The number of benzene rings is 1. The van der Waals surface area contributed by atoms with E-state index in [1.54, 1.807) is 6.33 Å². The Balaban J connectivity index is 2.57. The van der Waals surface area contributed by atoms with E-state index in [1.807, 2.05) is 50.7 Å². The molecule has 0 bridgehead atoms. The number of imidazole rings is 1. The van der Waals surface area contributed by atoms with Gasteiger partial charge in [-0.2, -0.15) is 5.26 Å². The maximum Gasteiger partial charge on any atom is 0.101 e. The van der Waals surface area contributed by atoms with Crippen LogP contribution in [0.25, 0.3) is 5.69 Å². The van der Waals surface area contributed by atoms with Crippen LogP contribution in [-0.4, -0.2) is 28.5 Å². The molecular weight excluding hydrogens is 236 g/mol. The predicted octanol–water partition coefficient (Wildman–Crippen LogP) is 2.42. The first-order valence-corrected chi connectivity index (χ1v) is 6.21. The summed E-state index contributed by atoms with van der Waals surface area (Å²) >= 11 is 0. The van der Waals surface area contributed by atoms with Crippen LogP contribution in [-0.2, 0) is 6.54 Å². The normalized spacial score (nSPS) is 10.7. The topological polar surface area (TPSA) is 44.9 Å². The lowest BCUT2D eigenvalue weighted by Gasteiger charge is -2.14. The van der Waals surface area contributed by atoms with E-state index in [0.717, 1.165) is 29.2 Å². The lowest BCUT2D eigenvalue weighted by Crippen LogP contribution is -2.15. The van der Waals surface area contributed by atoms with Gasteiger partial charge in [-0.3, -0.25) is 0 Å². The Hall–Kier alpha value is -2.12. The van der Waals surface area contributed by atoms with Crippen LogP contribution >= 0.6 is 0 Å². The van der Waals surface area contributed by atoms with Crippen LogP contribution in [0.5, 0.6) is 0 Å². The van der Waals surface area contributed by atoms with Crippen LogP contribution in [0.3, 0.4) is 0 Å². The number of aromatic nitrogens is 2. The van der Waals surface area contributed by atoms with Gasteiger partial charge >= 0.3 is 0 Å². The minimum Gasteiger partial charge on any atom is -0.304 e. The molecule has 4 heteroatoms. The van der Waals surface area contributed by atoms with Crippen molar-refractivity contribution in [2.75, 3.05) is 14.1 Å². The molecule has 0 fully saturated rings. The summed E-state index contributed by atoms with van der Waals surface area (Å²) in [7, 11) is 4.05. The number of nitrogens with zero attached hydrogens (tertiary/aromatic N) is 4. The lowest BCUT2D eigenvalue weighted by atomic mass is 10.1. The minimum atomic E-state index is 0.678. The highest BCUT2D eigenvalue weighted by Gasteiger charge is 2.12. The summed E-state index contributed by atoms with van der Waals surface area (Å²) in [6.45, 7) is 4.78. The van der Waals surface area contributed by atoms with Crippen molar-refractivity contribution in [2.45, 2.75) is 20.4 Å². The van der Waals surface area contributed by atoms with E-state index in [-0.39, 0.29) is 0 Å². The molecule has 0 spiro atoms. The monoisotopic (exact) mass is 254 g/mol. The molecule has 0 radical (unpaired) electrons. The number of rotatable bonds is 3. The molecule has 0 saturated heterocycles. The van der Waals surface area contributed by atoms with Crippen LogP contribution in [0.15, 0.2) is 24.5 Å². The quantitative estimate of drug-likeness (QED) is 0.845. The number of hydrogen-bond acceptors (Lipinski definition) is 3. The summed E-state index contributed by atoms with van der Waals surface area (Å²) in [5, 5.41) is 9.29. The molecule has 98 valence electrons. The standard InChI is InChI=1S/C15H18N4/c1-11-5-6-14(13(7-11)8-16)19-10-17-12(2)15(19)9-18(3)4/h5-7,10H,9H2,1-4H3. The third kappa shape index (κ3) is 2.67. The molecule has 0 amide bonds. The van der Waals surface area contributed by atoms with Crippen LogP contribution < -0.4 is 0 Å². The molecule has 1 heterocycles. The molecule has 19 heavy (non-hydrogen) atoms. The fraction of sp³-hybridized carbons (Fsp3) is 0.333. The van der Waals surface area contributed by atoms with Gasteiger partial charge in [-0.15, -0.1) is 0 Å². The summed E-state index contributed by atoms with van der Waals surface area (Å²) in [6, 6.07) is 8.17. The van der Waals surface area contributed by atoms with Gasteiger partial charge in [0.25, 0.3) is 0 Å². The molecule has 0 aliphatic carbocycles. The molecule has 0 unspecified atom stereocenters. The summed E-state index contributed by atoms with van der Waals surface area (Å²) < 4.78 is 2.01. The molecule has 0 N–H and O–H groups in total. The van der Waals surface area contributed by atoms with E-state index >= 15 is 0 Å². The van der Waals surface area contributed by atoms with Gasteiger partial charge in [0, 0.05) is 6.54 Å². The van der Waals surface area contributed by atoms with Crippen molar-refractivity contribution in [3.8, 4) is 11.8 Å². The average Bonchev–Trinajstić information content (AvgIpc) is 2.70. The molecular formula is C15H18N4. The van der Waals surface area contributed by atoms with Crippen LogP contribution in [0.4, 0.5) is 0 Å². The van der Waals surface area contributed by atoms with Gasteiger partial charge in [0.1, 0.15) is 6.07 Å². The Morgan fingerprint density at radius 2 is 2.05 bits per heavy atom. The molecule has 4 nitrogen and oxygen atoms in total. The van der Waals surface area contributed by atoms with Crippen LogP contribution in [0, 0.1) is 25.2 Å². The number of aryl methyl sites for hydroxylation is 2. The Kier molecular flexibility index (Phi) is 3.68. The fourth-order valence-corrected chi connectivity index (χ4v) is 2.11. The number of nitriles is 1. The Bertz CT molecular complexity index is 632. The maximum absolute atomic E-state index is 9.29. The van der Waals surface area contributed by atoms with Crippen molar-refractivity contribution in [2.24, 2.45) is 0 Å². The highest BCUT2D eigenvalue weighted by molar-refractivity contribution is 5.51. The number of hydrogen-bond donors (Lipinski definition) is 0. The summed E-state index contributed by atoms with van der Waals surface area (Å²) in [5.41, 5.74) is 4.78. The maximum atomic E-state index is 9.29. The Morgan fingerprint density at radius 1 is 1.32 bits per heavy atom. The van der Waals surface area contributed by atoms with E-state index in [0.29, 0.717) is 5.56 Å². The van der Waals surface area contributed by atoms with Gasteiger partial charge in [-0.25, -0.2) is 4.98 Å². The van der Waals surface area contributed by atoms with E-state index < -0.39 is 0 Å². The van der Waals surface area contributed by atoms with Crippen LogP contribution in [0.1, 0.15) is 22.5 Å². The second kappa shape index (κ2) is 5.25. The van der Waals surface area contributed by atoms with Crippen molar-refractivity contribution in [3.63, 3.8) is 0 Å². The van der Waals surface area contributed by atoms with E-state index in [2.05, 4.69) is 16.0 Å². The van der Waals surface area contributed by atoms with Crippen molar-refractivity contribution in [1.82, 2.24) is 14.5 Å². The van der Waals surface area contributed by atoms with Gasteiger partial charge in [-0.05, 0) is 45.6 Å². The van der Waals surface area contributed by atoms with Gasteiger partial charge in [-0.1, -0.05) is 6.07 Å². The third-order valence-electron chi connectivity index (χ3n) is 3.07. The van der Waals surface area contributed by atoms with Gasteiger partial charge in [0.2, 0.25) is 0 Å². The van der Waals surface area contributed by atoms with Crippen molar-refractivity contribution >= 4 is 0 Å². The highest BCUT2D eigenvalue weighted by Crippen LogP contribution is 2.20. The van der Waals surface area contributed by atoms with Crippen molar-refractivity contribution < 1.29 is 0 Å². The molecule has 1 aromatic carbocycles. The second-order valence-corrected chi connectivity index (χ2v) is 5.02. The lowest BCUT2D eigenvalue weighted by molar-refractivity contribution is 0.393. The smallest absolute Gasteiger partial charge is 0.101 e. The predicted molar refractivity (Wildman–Crippen MR) is 75.1 cm³/mol. The molecule has 2 aromatic rings. The SMILES string of the molecule is Cc1ccc(-n2cnc(C)c2CN(C)C)c(C#N)c1. The fourth-order valence-electron chi connectivity index (χ4n) is 2.11. The first-order chi connectivity index (χ1) is 9.02. The average molecular weight is 254 g/mol. The molecule has 0 aliphatic rings. The molecule has 0 aliphatic heterocycles. The van der Waals surface area contributed by atoms with Crippen molar-refractivity contribution in [1.29, 1.82) is 5.26 Å². The second-order valence-electron chi connectivity index (χ2n) is 5.02. The van der Waals surface area contributed by atoms with Gasteiger partial charge < -0.3 is 9.47 Å². The zero-order chi connectivity index (χ0) is 14.0. The van der Waals surface area contributed by atoms with Crippen molar-refractivity contribution in [3.05, 3.63) is 47.0 Å². The zero-order valence-corrected chi connectivity index (χ0v) is 11.8. The first-order valence-electron chi connectivity index (χ1n) is 6.21. The Labute approximate surface area is 113 Å². The van der Waals surface area contributed by atoms with E-state index in [1.165, 1.54) is 0 Å². The van der Waals surface area contributed by atoms with E-state index in [9.17, 15) is 5.26 Å². The Morgan fingerprint density at radius 3 is 2.68 bits per heavy atom.